The van der Waals surface area contributed by atoms with Crippen LogP contribution in [0.4, 0.5) is 0 Å². The minimum absolute atomic E-state index is 0.523. The Morgan fingerprint density at radius 3 is 3.08 bits per heavy atom. The van der Waals surface area contributed by atoms with Crippen molar-refractivity contribution in [2.45, 2.75) is 25.0 Å². The number of hydrogen-bond donors (Lipinski definition) is 0. The summed E-state index contributed by atoms with van der Waals surface area (Å²) in [5.74, 6) is 0.856. The van der Waals surface area contributed by atoms with Crippen LogP contribution in [0.15, 0.2) is 22.9 Å². The Labute approximate surface area is 89.2 Å². The van der Waals surface area contributed by atoms with Crippen LogP contribution in [0.2, 0.25) is 0 Å². The van der Waals surface area contributed by atoms with E-state index in [-0.39, 0.29) is 0 Å². The lowest BCUT2D eigenvalue weighted by atomic mass is 10.1. The Balaban J connectivity index is 2.56. The van der Waals surface area contributed by atoms with Gasteiger partial charge in [0.25, 0.3) is 0 Å². The van der Waals surface area contributed by atoms with Crippen molar-refractivity contribution in [3.8, 4) is 0 Å². The van der Waals surface area contributed by atoms with Gasteiger partial charge in [-0.25, -0.2) is 0 Å². The van der Waals surface area contributed by atoms with E-state index in [2.05, 4.69) is 19.3 Å². The second kappa shape index (κ2) is 5.61. The van der Waals surface area contributed by atoms with Crippen molar-refractivity contribution in [3.05, 3.63) is 22.9 Å². The zero-order chi connectivity index (χ0) is 9.68. The zero-order valence-electron chi connectivity index (χ0n) is 8.05. The molecule has 1 aliphatic rings. The van der Waals surface area contributed by atoms with Gasteiger partial charge in [0, 0.05) is 5.25 Å². The van der Waals surface area contributed by atoms with Crippen LogP contribution in [0.3, 0.4) is 0 Å². The van der Waals surface area contributed by atoms with Crippen molar-refractivity contribution in [1.29, 1.82) is 0 Å². The summed E-state index contributed by atoms with van der Waals surface area (Å²) in [4.78, 5) is 0. The van der Waals surface area contributed by atoms with Crippen molar-refractivity contribution in [2.75, 3.05) is 12.9 Å². The molecule has 1 unspecified atom stereocenters. The van der Waals surface area contributed by atoms with E-state index in [0.29, 0.717) is 5.25 Å². The van der Waals surface area contributed by atoms with Gasteiger partial charge in [0.05, 0.1) is 11.6 Å². The number of allylic oxidation sites excluding steroid dienone is 2. The summed E-state index contributed by atoms with van der Waals surface area (Å²) in [6, 6.07) is 0. The average molecular weight is 219 g/mol. The van der Waals surface area contributed by atoms with Crippen LogP contribution in [0, 0.1) is 0 Å². The van der Waals surface area contributed by atoms with Crippen LogP contribution < -0.4 is 0 Å². The van der Waals surface area contributed by atoms with Gasteiger partial charge in [0.15, 0.2) is 0 Å². The van der Waals surface area contributed by atoms with Crippen molar-refractivity contribution in [1.82, 2.24) is 0 Å². The standard InChI is InChI=1S/C10H15ClOS/c1-3-6-12-10-7-8(13-2)4-5-9(10)11/h5,7-8H,3-4,6H2,1-2H3. The first-order chi connectivity index (χ1) is 6.27. The largest absolute Gasteiger partial charge is 0.492 e. The molecule has 1 atom stereocenters. The van der Waals surface area contributed by atoms with Crippen LogP contribution in [-0.4, -0.2) is 18.1 Å². The monoisotopic (exact) mass is 218 g/mol. The number of thioether (sulfide) groups is 1. The summed E-state index contributed by atoms with van der Waals surface area (Å²) in [5.41, 5.74) is 0. The predicted molar refractivity (Wildman–Crippen MR) is 60.2 cm³/mol. The summed E-state index contributed by atoms with van der Waals surface area (Å²) in [6.45, 7) is 2.84. The van der Waals surface area contributed by atoms with Crippen molar-refractivity contribution >= 4 is 23.4 Å². The fourth-order valence-corrected chi connectivity index (χ4v) is 1.89. The average Bonchev–Trinajstić information content (AvgIpc) is 2.17. The van der Waals surface area contributed by atoms with Gasteiger partial charge in [-0.3, -0.25) is 0 Å². The van der Waals surface area contributed by atoms with E-state index < -0.39 is 0 Å². The van der Waals surface area contributed by atoms with Gasteiger partial charge >= 0.3 is 0 Å². The Hall–Kier alpha value is -0.0800. The smallest absolute Gasteiger partial charge is 0.134 e. The molecule has 3 heteroatoms. The normalized spacial score (nSPS) is 22.2. The van der Waals surface area contributed by atoms with Gasteiger partial charge in [-0.2, -0.15) is 11.8 Å². The summed E-state index contributed by atoms with van der Waals surface area (Å²) in [6.07, 6.45) is 8.28. The van der Waals surface area contributed by atoms with E-state index >= 15 is 0 Å². The lowest BCUT2D eigenvalue weighted by molar-refractivity contribution is 0.221. The highest BCUT2D eigenvalue weighted by molar-refractivity contribution is 7.99. The van der Waals surface area contributed by atoms with Gasteiger partial charge in [-0.1, -0.05) is 24.6 Å². The molecule has 13 heavy (non-hydrogen) atoms. The topological polar surface area (TPSA) is 9.23 Å². The maximum atomic E-state index is 6.00. The van der Waals surface area contributed by atoms with Crippen molar-refractivity contribution in [3.63, 3.8) is 0 Å². The fourth-order valence-electron chi connectivity index (χ4n) is 1.13. The lowest BCUT2D eigenvalue weighted by Gasteiger charge is -2.17. The molecular weight excluding hydrogens is 204 g/mol. The molecule has 0 fully saturated rings. The number of rotatable bonds is 4. The molecule has 0 aromatic heterocycles. The minimum atomic E-state index is 0.523. The molecule has 0 aliphatic heterocycles. The molecule has 0 bridgehead atoms. The van der Waals surface area contributed by atoms with Crippen molar-refractivity contribution < 1.29 is 4.74 Å². The fraction of sp³-hybridized carbons (Fsp3) is 0.600. The van der Waals surface area contributed by atoms with Crippen LogP contribution in [-0.2, 0) is 4.74 Å². The van der Waals surface area contributed by atoms with Gasteiger partial charge in [0.2, 0.25) is 0 Å². The first kappa shape index (κ1) is 11.0. The number of ether oxygens (including phenoxy) is 1. The van der Waals surface area contributed by atoms with Gasteiger partial charge in [0.1, 0.15) is 5.76 Å². The Morgan fingerprint density at radius 2 is 2.46 bits per heavy atom. The molecule has 0 radical (unpaired) electrons. The minimum Gasteiger partial charge on any atom is -0.492 e. The second-order valence-corrected chi connectivity index (χ2v) is 4.43. The molecule has 74 valence electrons. The Bertz CT molecular complexity index is 223. The van der Waals surface area contributed by atoms with Gasteiger partial charge < -0.3 is 4.74 Å². The molecule has 0 saturated carbocycles. The zero-order valence-corrected chi connectivity index (χ0v) is 9.62. The molecule has 0 saturated heterocycles. The maximum absolute atomic E-state index is 6.00. The first-order valence-electron chi connectivity index (χ1n) is 4.51. The van der Waals surface area contributed by atoms with E-state index in [0.717, 1.165) is 30.2 Å². The molecule has 0 N–H and O–H groups in total. The third-order valence-corrected chi connectivity index (χ3v) is 3.14. The van der Waals surface area contributed by atoms with E-state index in [1.165, 1.54) is 0 Å². The highest BCUT2D eigenvalue weighted by atomic mass is 35.5. The van der Waals surface area contributed by atoms with Gasteiger partial charge in [-0.05, 0) is 25.2 Å². The Morgan fingerprint density at radius 1 is 1.69 bits per heavy atom. The third-order valence-electron chi connectivity index (χ3n) is 1.87. The predicted octanol–water partition coefficient (Wildman–Crippen LogP) is 3.55. The lowest BCUT2D eigenvalue weighted by Crippen LogP contribution is -2.06. The van der Waals surface area contributed by atoms with Gasteiger partial charge in [-0.15, -0.1) is 0 Å². The molecule has 0 amide bonds. The first-order valence-corrected chi connectivity index (χ1v) is 6.18. The highest BCUT2D eigenvalue weighted by Gasteiger charge is 2.14. The number of halogens is 1. The molecule has 1 aliphatic carbocycles. The molecule has 0 aromatic carbocycles. The van der Waals surface area contributed by atoms with E-state index in [1.807, 2.05) is 17.8 Å². The van der Waals surface area contributed by atoms with Crippen LogP contribution in [0.25, 0.3) is 0 Å². The molecule has 1 rings (SSSR count). The summed E-state index contributed by atoms with van der Waals surface area (Å²) in [7, 11) is 0. The molecule has 1 nitrogen and oxygen atoms in total. The molecular formula is C10H15ClOS. The summed E-state index contributed by atoms with van der Waals surface area (Å²) in [5, 5.41) is 1.29. The third kappa shape index (κ3) is 3.28. The van der Waals surface area contributed by atoms with Crippen molar-refractivity contribution in [2.24, 2.45) is 0 Å². The van der Waals surface area contributed by atoms with E-state index in [1.54, 1.807) is 0 Å². The van der Waals surface area contributed by atoms with Crippen LogP contribution in [0.5, 0.6) is 0 Å². The van der Waals surface area contributed by atoms with Crippen LogP contribution in [0.1, 0.15) is 19.8 Å². The van der Waals surface area contributed by atoms with E-state index in [9.17, 15) is 0 Å². The van der Waals surface area contributed by atoms with Crippen LogP contribution >= 0.6 is 23.4 Å². The quantitative estimate of drug-likeness (QED) is 0.714. The maximum Gasteiger partial charge on any atom is 0.134 e. The Kier molecular flexibility index (Phi) is 4.74. The molecule has 0 spiro atoms. The summed E-state index contributed by atoms with van der Waals surface area (Å²) < 4.78 is 5.52. The van der Waals surface area contributed by atoms with E-state index in [4.69, 9.17) is 16.3 Å². The highest BCUT2D eigenvalue weighted by Crippen LogP contribution is 2.28. The SMILES string of the molecule is CCCOC1=CC(SC)CC=C1Cl. The summed E-state index contributed by atoms with van der Waals surface area (Å²) >= 11 is 7.82. The molecule has 0 heterocycles. The molecule has 0 aromatic rings. The second-order valence-electron chi connectivity index (χ2n) is 2.94. The number of hydrogen-bond acceptors (Lipinski definition) is 2.